The second-order valence-corrected chi connectivity index (χ2v) is 11.0. The Morgan fingerprint density at radius 2 is 1.67 bits per heavy atom. The molecule has 0 aliphatic carbocycles. The molecule has 45 heavy (non-hydrogen) atoms. The molecule has 0 spiro atoms. The van der Waals surface area contributed by atoms with E-state index in [1.54, 1.807) is 23.1 Å². The SMILES string of the molecule is C/C=C\CN=C(C(CCCCC(=O)O)=NC/C=C/C(=O)N1CCC(N2C/C=C\CC/C=C\CNC2=O)CC1)c1ccc(F)cc1. The van der Waals surface area contributed by atoms with E-state index in [9.17, 15) is 18.8 Å². The van der Waals surface area contributed by atoms with Gasteiger partial charge in [-0.2, -0.15) is 0 Å². The van der Waals surface area contributed by atoms with Gasteiger partial charge in [0.25, 0.3) is 0 Å². The van der Waals surface area contributed by atoms with Crippen LogP contribution in [-0.4, -0.2) is 89.5 Å². The van der Waals surface area contributed by atoms with Crippen molar-refractivity contribution in [1.82, 2.24) is 15.1 Å². The van der Waals surface area contributed by atoms with Gasteiger partial charge in [-0.05, 0) is 76.1 Å². The van der Waals surface area contributed by atoms with Crippen LogP contribution in [0, 0.1) is 5.82 Å². The van der Waals surface area contributed by atoms with Gasteiger partial charge in [0.15, 0.2) is 0 Å². The Morgan fingerprint density at radius 1 is 0.978 bits per heavy atom. The molecular weight excluding hydrogens is 573 g/mol. The molecule has 1 aromatic carbocycles. The molecule has 2 N–H and O–H groups in total. The van der Waals surface area contributed by atoms with Crippen LogP contribution >= 0.6 is 0 Å². The van der Waals surface area contributed by atoms with Crippen molar-refractivity contribution in [3.05, 3.63) is 84.3 Å². The van der Waals surface area contributed by atoms with Crippen LogP contribution in [0.25, 0.3) is 0 Å². The van der Waals surface area contributed by atoms with Crippen LogP contribution in [0.4, 0.5) is 9.18 Å². The van der Waals surface area contributed by atoms with Crippen molar-refractivity contribution in [2.24, 2.45) is 9.98 Å². The molecule has 1 fully saturated rings. The monoisotopic (exact) mass is 619 g/mol. The summed E-state index contributed by atoms with van der Waals surface area (Å²) in [7, 11) is 0. The average molecular weight is 620 g/mol. The highest BCUT2D eigenvalue weighted by Crippen LogP contribution is 2.18. The van der Waals surface area contributed by atoms with Crippen LogP contribution in [0.15, 0.2) is 82.9 Å². The lowest BCUT2D eigenvalue weighted by atomic mass is 10.0. The van der Waals surface area contributed by atoms with E-state index in [0.717, 1.165) is 18.4 Å². The molecule has 10 heteroatoms. The first-order valence-electron chi connectivity index (χ1n) is 15.9. The van der Waals surface area contributed by atoms with Gasteiger partial charge in [0.1, 0.15) is 5.82 Å². The molecule has 0 aromatic heterocycles. The molecule has 2 aliphatic rings. The topological polar surface area (TPSA) is 115 Å². The maximum Gasteiger partial charge on any atom is 0.318 e. The summed E-state index contributed by atoms with van der Waals surface area (Å²) in [6.07, 6.45) is 20.3. The number of amides is 3. The van der Waals surface area contributed by atoms with Crippen LogP contribution in [-0.2, 0) is 9.59 Å². The van der Waals surface area contributed by atoms with Gasteiger partial charge in [-0.15, -0.1) is 0 Å². The Morgan fingerprint density at radius 3 is 2.38 bits per heavy atom. The Kier molecular flexibility index (Phi) is 15.5. The average Bonchev–Trinajstić information content (AvgIpc) is 3.08. The third-order valence-corrected chi connectivity index (χ3v) is 7.67. The number of piperidine rings is 1. The molecule has 0 saturated carbocycles. The molecule has 0 bridgehead atoms. The maximum absolute atomic E-state index is 13.7. The number of likely N-dealkylation sites (tertiary alicyclic amines) is 1. The van der Waals surface area contributed by atoms with Crippen molar-refractivity contribution in [3.63, 3.8) is 0 Å². The quantitative estimate of drug-likeness (QED) is 0.127. The number of allylic oxidation sites excluding steroid dienone is 3. The zero-order valence-electron chi connectivity index (χ0n) is 26.2. The van der Waals surface area contributed by atoms with Crippen LogP contribution in [0.2, 0.25) is 0 Å². The first kappa shape index (κ1) is 35.1. The molecule has 2 aliphatic heterocycles. The van der Waals surface area contributed by atoms with Crippen LogP contribution in [0.1, 0.15) is 63.9 Å². The first-order valence-corrected chi connectivity index (χ1v) is 15.9. The summed E-state index contributed by atoms with van der Waals surface area (Å²) >= 11 is 0. The molecule has 9 nitrogen and oxygen atoms in total. The first-order chi connectivity index (χ1) is 21.9. The number of urea groups is 1. The van der Waals surface area contributed by atoms with Gasteiger partial charge in [-0.1, -0.05) is 42.5 Å². The van der Waals surface area contributed by atoms with Gasteiger partial charge in [0.2, 0.25) is 5.91 Å². The Balaban J connectivity index is 1.64. The van der Waals surface area contributed by atoms with Gasteiger partial charge in [-0.25, -0.2) is 9.18 Å². The standard InChI is InChI=1S/C35H46FN5O4/c1-2-3-22-38-34(28-16-18-29(36)19-17-28)31(13-8-9-15-33(43)44)37-24-12-14-32(42)40-26-20-30(21-27-40)41-25-11-7-5-4-6-10-23-39-35(41)45/h2-3,6-7,10-12,14,16-19,30H,4-5,8-9,13,15,20-27H2,1H3,(H,39,45)(H,43,44)/b3-2-,10-6-,11-7-,14-12+,37-31?,38-34?. The van der Waals surface area contributed by atoms with E-state index in [1.807, 2.05) is 36.1 Å². The lowest BCUT2D eigenvalue weighted by Crippen LogP contribution is -2.51. The highest BCUT2D eigenvalue weighted by molar-refractivity contribution is 6.48. The summed E-state index contributed by atoms with van der Waals surface area (Å²) in [6, 6.07) is 6.06. The van der Waals surface area contributed by atoms with E-state index < -0.39 is 5.97 Å². The molecule has 2 heterocycles. The summed E-state index contributed by atoms with van der Waals surface area (Å²) in [6.45, 7) is 4.76. The Hall–Kier alpha value is -4.34. The van der Waals surface area contributed by atoms with E-state index in [4.69, 9.17) is 15.1 Å². The number of aliphatic imine (C=N–C) groups is 2. The van der Waals surface area contributed by atoms with E-state index >= 15 is 0 Å². The number of halogens is 1. The fraction of sp³-hybridized carbons (Fsp3) is 0.457. The summed E-state index contributed by atoms with van der Waals surface area (Å²) in [5.41, 5.74) is 2.04. The fourth-order valence-electron chi connectivity index (χ4n) is 5.21. The lowest BCUT2D eigenvalue weighted by Gasteiger charge is -2.37. The summed E-state index contributed by atoms with van der Waals surface area (Å²) in [5, 5.41) is 12.0. The van der Waals surface area contributed by atoms with Crippen LogP contribution in [0.5, 0.6) is 0 Å². The molecule has 0 unspecified atom stereocenters. The third kappa shape index (κ3) is 12.7. The number of aliphatic carboxylic acids is 1. The van der Waals surface area contributed by atoms with Gasteiger partial charge in [0, 0.05) is 50.3 Å². The molecule has 1 aromatic rings. The van der Waals surface area contributed by atoms with Crippen molar-refractivity contribution < 1.29 is 23.9 Å². The van der Waals surface area contributed by atoms with Crippen molar-refractivity contribution in [2.75, 3.05) is 39.3 Å². The predicted octanol–water partition coefficient (Wildman–Crippen LogP) is 5.74. The van der Waals surface area contributed by atoms with E-state index in [2.05, 4.69) is 17.5 Å². The molecule has 3 rings (SSSR count). The number of benzene rings is 1. The van der Waals surface area contributed by atoms with Gasteiger partial charge in [-0.3, -0.25) is 19.6 Å². The normalized spacial score (nSPS) is 19.0. The number of carbonyl (C=O) groups is 3. The summed E-state index contributed by atoms with van der Waals surface area (Å²) in [5.74, 6) is -1.29. The van der Waals surface area contributed by atoms with Gasteiger partial charge >= 0.3 is 12.0 Å². The zero-order chi connectivity index (χ0) is 32.3. The molecule has 1 saturated heterocycles. The van der Waals surface area contributed by atoms with Crippen LogP contribution in [0.3, 0.4) is 0 Å². The predicted molar refractivity (Wildman–Crippen MR) is 177 cm³/mol. The fourth-order valence-corrected chi connectivity index (χ4v) is 5.21. The van der Waals surface area contributed by atoms with Crippen molar-refractivity contribution in [2.45, 2.75) is 64.3 Å². The second kappa shape index (κ2) is 19.8. The molecule has 0 radical (unpaired) electrons. The minimum atomic E-state index is -0.847. The number of hydrogen-bond donors (Lipinski definition) is 2. The maximum atomic E-state index is 13.7. The number of carboxylic acid groups (broad SMARTS) is 1. The zero-order valence-corrected chi connectivity index (χ0v) is 26.2. The minimum absolute atomic E-state index is 0.0624. The number of carbonyl (C=O) groups excluding carboxylic acids is 2. The number of nitrogens with one attached hydrogen (secondary N) is 1. The summed E-state index contributed by atoms with van der Waals surface area (Å²) in [4.78, 5) is 50.0. The highest BCUT2D eigenvalue weighted by atomic mass is 19.1. The molecule has 3 amide bonds. The number of hydrogen-bond acceptors (Lipinski definition) is 5. The lowest BCUT2D eigenvalue weighted by molar-refractivity contribution is -0.137. The highest BCUT2D eigenvalue weighted by Gasteiger charge is 2.28. The Bertz CT molecular complexity index is 1290. The molecule has 0 atom stereocenters. The van der Waals surface area contributed by atoms with E-state index in [1.165, 1.54) is 18.2 Å². The number of nitrogens with zero attached hydrogens (tertiary/aromatic N) is 4. The van der Waals surface area contributed by atoms with Crippen molar-refractivity contribution in [3.8, 4) is 0 Å². The van der Waals surface area contributed by atoms with Crippen molar-refractivity contribution in [1.29, 1.82) is 0 Å². The summed E-state index contributed by atoms with van der Waals surface area (Å²) < 4.78 is 13.7. The minimum Gasteiger partial charge on any atom is -0.481 e. The second-order valence-electron chi connectivity index (χ2n) is 11.0. The van der Waals surface area contributed by atoms with Gasteiger partial charge in [0.05, 0.1) is 24.5 Å². The van der Waals surface area contributed by atoms with Crippen LogP contribution < -0.4 is 5.32 Å². The van der Waals surface area contributed by atoms with Gasteiger partial charge < -0.3 is 20.2 Å². The smallest absolute Gasteiger partial charge is 0.318 e. The van der Waals surface area contributed by atoms with E-state index in [-0.39, 0.29) is 36.8 Å². The van der Waals surface area contributed by atoms with Crippen molar-refractivity contribution >= 4 is 29.3 Å². The number of rotatable bonds is 13. The number of carboxylic acids is 1. The number of unbranched alkanes of at least 4 members (excludes halogenated alkanes) is 1. The molecular formula is C35H46FN5O4. The largest absolute Gasteiger partial charge is 0.481 e. The molecule has 242 valence electrons. The Labute approximate surface area is 266 Å². The van der Waals surface area contributed by atoms with E-state index in [0.29, 0.717) is 76.3 Å². The third-order valence-electron chi connectivity index (χ3n) is 7.67.